The fourth-order valence-electron chi connectivity index (χ4n) is 4.79. The Kier molecular flexibility index (Phi) is 6.78. The van der Waals surface area contributed by atoms with Crippen molar-refractivity contribution in [2.45, 2.75) is 39.1 Å². The molecule has 1 amide bonds. The van der Waals surface area contributed by atoms with Gasteiger partial charge in [0.1, 0.15) is 5.75 Å². The molecule has 1 aromatic rings. The second-order valence-corrected chi connectivity index (χ2v) is 9.18. The molecule has 0 saturated heterocycles. The van der Waals surface area contributed by atoms with Crippen molar-refractivity contribution >= 4 is 19.0 Å². The second kappa shape index (κ2) is 9.02. The summed E-state index contributed by atoms with van der Waals surface area (Å²) in [6.45, 7) is 6.05. The summed E-state index contributed by atoms with van der Waals surface area (Å²) in [7, 11) is 2.54. The van der Waals surface area contributed by atoms with Crippen LogP contribution in [0.5, 0.6) is 5.75 Å². The van der Waals surface area contributed by atoms with Gasteiger partial charge in [-0.2, -0.15) is 0 Å². The second-order valence-electron chi connectivity index (χ2n) is 9.18. The first-order chi connectivity index (χ1) is 14.6. The summed E-state index contributed by atoms with van der Waals surface area (Å²) >= 11 is 0. The number of carboxylic acid groups (broad SMARTS) is 1. The van der Waals surface area contributed by atoms with E-state index in [0.717, 1.165) is 19.5 Å². The highest BCUT2D eigenvalue weighted by Gasteiger charge is 2.47. The zero-order valence-corrected chi connectivity index (χ0v) is 18.6. The molecule has 168 valence electrons. The first-order valence-corrected chi connectivity index (χ1v) is 10.6. The molecule has 0 spiro atoms. The topological polar surface area (TPSA) is 120 Å². The molecule has 8 nitrogen and oxygen atoms in total. The standard InChI is InChI=1S/C22H32BN3O5/c1-21(12-24-3)9-8-15(11-22(21,2)13-25-4)19(27)26-17-10-14-6-5-7-16(20(28)29)18(14)31-23(17)30/h5-8,17,24-25,30H,9-13H2,1-4H3,(H,26,27)(H,28,29)/t17-,21?,22?/m0/s1. The van der Waals surface area contributed by atoms with Gasteiger partial charge in [-0.05, 0) is 55.8 Å². The molecular weight excluding hydrogens is 397 g/mol. The molecule has 0 bridgehead atoms. The smallest absolute Gasteiger partial charge is 0.534 e. The maximum absolute atomic E-state index is 13.1. The fraction of sp³-hybridized carbons (Fsp3) is 0.545. The average Bonchev–Trinajstić information content (AvgIpc) is 2.70. The predicted octanol–water partition coefficient (Wildman–Crippen LogP) is 0.996. The molecule has 0 aromatic heterocycles. The molecule has 2 aliphatic rings. The van der Waals surface area contributed by atoms with Crippen LogP contribution in [0.15, 0.2) is 29.8 Å². The minimum Gasteiger partial charge on any atom is -0.534 e. The van der Waals surface area contributed by atoms with Crippen LogP contribution in [0.25, 0.3) is 0 Å². The number of carbonyl (C=O) groups is 2. The third-order valence-electron chi connectivity index (χ3n) is 6.93. The van der Waals surface area contributed by atoms with Crippen molar-refractivity contribution in [2.24, 2.45) is 10.8 Å². The average molecular weight is 429 g/mol. The van der Waals surface area contributed by atoms with Crippen LogP contribution in [0.2, 0.25) is 0 Å². The Balaban J connectivity index is 1.77. The lowest BCUT2D eigenvalue weighted by atomic mass is 9.57. The number of hydrogen-bond donors (Lipinski definition) is 5. The maximum Gasteiger partial charge on any atom is 0.547 e. The van der Waals surface area contributed by atoms with Crippen molar-refractivity contribution < 1.29 is 24.4 Å². The molecule has 0 radical (unpaired) electrons. The van der Waals surface area contributed by atoms with Gasteiger partial charge < -0.3 is 30.7 Å². The number of amides is 1. The van der Waals surface area contributed by atoms with Crippen LogP contribution in [-0.4, -0.2) is 62.3 Å². The number of fused-ring (bicyclic) bond motifs is 1. The van der Waals surface area contributed by atoms with E-state index in [2.05, 4.69) is 29.8 Å². The lowest BCUT2D eigenvalue weighted by Gasteiger charge is -2.49. The molecule has 9 heteroatoms. The van der Waals surface area contributed by atoms with E-state index in [4.69, 9.17) is 4.65 Å². The molecule has 3 rings (SSSR count). The van der Waals surface area contributed by atoms with Crippen molar-refractivity contribution in [2.75, 3.05) is 27.2 Å². The Labute approximate surface area is 183 Å². The van der Waals surface area contributed by atoms with Gasteiger partial charge in [-0.25, -0.2) is 4.79 Å². The van der Waals surface area contributed by atoms with Crippen LogP contribution in [0.1, 0.15) is 42.6 Å². The molecule has 0 fully saturated rings. The molecule has 5 N–H and O–H groups in total. The Bertz CT molecular complexity index is 892. The molecule has 2 unspecified atom stereocenters. The number of aromatic carboxylic acids is 1. The normalized spacial score (nSPS) is 27.7. The lowest BCUT2D eigenvalue weighted by Crippen LogP contribution is -2.55. The van der Waals surface area contributed by atoms with Crippen LogP contribution in [0, 0.1) is 10.8 Å². The van der Waals surface area contributed by atoms with Gasteiger partial charge >= 0.3 is 13.1 Å². The van der Waals surface area contributed by atoms with E-state index in [9.17, 15) is 19.7 Å². The SMILES string of the molecule is CNCC1(C)CC=C(C(=O)N[C@H]2Cc3cccc(C(=O)O)c3OB2O)CC1(C)CNC. The Morgan fingerprint density at radius 2 is 1.87 bits per heavy atom. The summed E-state index contributed by atoms with van der Waals surface area (Å²) in [6, 6.07) is 4.82. The number of nitrogens with one attached hydrogen (secondary N) is 3. The number of hydrogen-bond acceptors (Lipinski definition) is 6. The van der Waals surface area contributed by atoms with E-state index >= 15 is 0 Å². The highest BCUT2D eigenvalue weighted by molar-refractivity contribution is 6.47. The highest BCUT2D eigenvalue weighted by atomic mass is 16.5. The van der Waals surface area contributed by atoms with Gasteiger partial charge in [0.25, 0.3) is 0 Å². The molecular formula is C22H32BN3O5. The third-order valence-corrected chi connectivity index (χ3v) is 6.93. The monoisotopic (exact) mass is 429 g/mol. The van der Waals surface area contributed by atoms with Gasteiger partial charge in [0.15, 0.2) is 0 Å². The van der Waals surface area contributed by atoms with Crippen LogP contribution in [0.3, 0.4) is 0 Å². The van der Waals surface area contributed by atoms with Crippen molar-refractivity contribution in [3.63, 3.8) is 0 Å². The number of rotatable bonds is 7. The molecule has 1 aliphatic heterocycles. The van der Waals surface area contributed by atoms with E-state index in [0.29, 0.717) is 24.0 Å². The Morgan fingerprint density at radius 1 is 1.19 bits per heavy atom. The number of carbonyl (C=O) groups excluding carboxylic acids is 1. The molecule has 3 atom stereocenters. The molecule has 1 heterocycles. The highest BCUT2D eigenvalue weighted by Crippen LogP contribution is 2.49. The minimum absolute atomic E-state index is 0.00275. The van der Waals surface area contributed by atoms with Gasteiger partial charge in [0.2, 0.25) is 5.91 Å². The zero-order chi connectivity index (χ0) is 22.8. The number of benzene rings is 1. The van der Waals surface area contributed by atoms with Crippen LogP contribution >= 0.6 is 0 Å². The first kappa shape index (κ1) is 23.3. The van der Waals surface area contributed by atoms with E-state index in [1.54, 1.807) is 12.1 Å². The third kappa shape index (κ3) is 4.49. The van der Waals surface area contributed by atoms with Crippen molar-refractivity contribution in [1.82, 2.24) is 16.0 Å². The predicted molar refractivity (Wildman–Crippen MR) is 119 cm³/mol. The van der Waals surface area contributed by atoms with E-state index < -0.39 is 19.0 Å². The van der Waals surface area contributed by atoms with E-state index in [1.165, 1.54) is 6.07 Å². The summed E-state index contributed by atoms with van der Waals surface area (Å²) in [5, 5.41) is 29.2. The van der Waals surface area contributed by atoms with E-state index in [1.807, 2.05) is 20.2 Å². The van der Waals surface area contributed by atoms with Crippen molar-refractivity contribution in [3.8, 4) is 5.75 Å². The molecule has 1 aliphatic carbocycles. The molecule has 1 aromatic carbocycles. The largest absolute Gasteiger partial charge is 0.547 e. The van der Waals surface area contributed by atoms with Crippen LogP contribution in [-0.2, 0) is 11.2 Å². The lowest BCUT2D eigenvalue weighted by molar-refractivity contribution is -0.118. The molecule has 31 heavy (non-hydrogen) atoms. The number of carboxylic acids is 1. The quantitative estimate of drug-likeness (QED) is 0.410. The summed E-state index contributed by atoms with van der Waals surface area (Å²) in [5.74, 6) is -1.84. The van der Waals surface area contributed by atoms with Crippen molar-refractivity contribution in [3.05, 3.63) is 41.0 Å². The van der Waals surface area contributed by atoms with Crippen LogP contribution in [0.4, 0.5) is 0 Å². The molecule has 0 saturated carbocycles. The summed E-state index contributed by atoms with van der Waals surface area (Å²) in [5.41, 5.74) is 1.21. The number of para-hydroxylation sites is 1. The van der Waals surface area contributed by atoms with Gasteiger partial charge in [-0.15, -0.1) is 0 Å². The minimum atomic E-state index is -1.32. The van der Waals surface area contributed by atoms with Gasteiger partial charge in [-0.3, -0.25) is 4.79 Å². The Hall–Kier alpha value is -2.36. The summed E-state index contributed by atoms with van der Waals surface area (Å²) in [4.78, 5) is 24.5. The van der Waals surface area contributed by atoms with Crippen molar-refractivity contribution in [1.29, 1.82) is 0 Å². The first-order valence-electron chi connectivity index (χ1n) is 10.6. The Morgan fingerprint density at radius 3 is 2.52 bits per heavy atom. The number of allylic oxidation sites excluding steroid dienone is 1. The van der Waals surface area contributed by atoms with Gasteiger partial charge in [0.05, 0.1) is 11.5 Å². The van der Waals surface area contributed by atoms with Gasteiger partial charge in [-0.1, -0.05) is 32.1 Å². The fourth-order valence-corrected chi connectivity index (χ4v) is 4.79. The summed E-state index contributed by atoms with van der Waals surface area (Å²) < 4.78 is 5.49. The zero-order valence-electron chi connectivity index (χ0n) is 18.6. The summed E-state index contributed by atoms with van der Waals surface area (Å²) in [6.07, 6.45) is 3.67. The van der Waals surface area contributed by atoms with E-state index in [-0.39, 0.29) is 28.1 Å². The van der Waals surface area contributed by atoms with Crippen LogP contribution < -0.4 is 20.6 Å². The van der Waals surface area contributed by atoms with Gasteiger partial charge in [0, 0.05) is 18.7 Å². The maximum atomic E-state index is 13.1.